The maximum atomic E-state index is 12.1. The molecule has 2 unspecified atom stereocenters. The zero-order valence-corrected chi connectivity index (χ0v) is 18.6. The summed E-state index contributed by atoms with van der Waals surface area (Å²) in [4.78, 5) is 32.5. The van der Waals surface area contributed by atoms with Crippen LogP contribution in [0.25, 0.3) is 0 Å². The molecular formula is C17H31IN6O3. The van der Waals surface area contributed by atoms with Gasteiger partial charge in [-0.3, -0.25) is 15.1 Å². The lowest BCUT2D eigenvalue weighted by Gasteiger charge is -2.40. The van der Waals surface area contributed by atoms with Crippen LogP contribution in [0.5, 0.6) is 0 Å². The van der Waals surface area contributed by atoms with Crippen molar-refractivity contribution in [1.29, 1.82) is 0 Å². The van der Waals surface area contributed by atoms with Crippen LogP contribution >= 0.6 is 24.0 Å². The van der Waals surface area contributed by atoms with E-state index < -0.39 is 11.6 Å². The second-order valence-electron chi connectivity index (χ2n) is 7.56. The molecule has 0 aromatic carbocycles. The van der Waals surface area contributed by atoms with Gasteiger partial charge in [0.1, 0.15) is 5.54 Å². The topological polar surface area (TPSA) is 98.3 Å². The molecule has 3 aliphatic rings. The average molecular weight is 494 g/mol. The zero-order chi connectivity index (χ0) is 18.7. The monoisotopic (exact) mass is 494 g/mol. The molecule has 0 radical (unpaired) electrons. The first-order chi connectivity index (χ1) is 12.4. The third kappa shape index (κ3) is 5.02. The third-order valence-electron chi connectivity index (χ3n) is 5.72. The van der Waals surface area contributed by atoms with E-state index in [0.717, 1.165) is 58.1 Å². The summed E-state index contributed by atoms with van der Waals surface area (Å²) >= 11 is 0. The molecule has 27 heavy (non-hydrogen) atoms. The number of urea groups is 1. The van der Waals surface area contributed by atoms with Gasteiger partial charge in [-0.25, -0.2) is 4.79 Å². The Balaban J connectivity index is 0.00000261. The van der Waals surface area contributed by atoms with Crippen molar-refractivity contribution in [2.24, 2.45) is 10.9 Å². The molecule has 0 aromatic heterocycles. The number of nitrogens with zero attached hydrogens (tertiary/aromatic N) is 3. The summed E-state index contributed by atoms with van der Waals surface area (Å²) in [6, 6.07) is -0.394. The fourth-order valence-electron chi connectivity index (χ4n) is 4.04. The lowest BCUT2D eigenvalue weighted by molar-refractivity contribution is -0.125. The Morgan fingerprint density at radius 2 is 2.04 bits per heavy atom. The van der Waals surface area contributed by atoms with Gasteiger partial charge in [0, 0.05) is 39.8 Å². The average Bonchev–Trinajstić information content (AvgIpc) is 2.89. The van der Waals surface area contributed by atoms with Gasteiger partial charge in [-0.1, -0.05) is 0 Å². The second-order valence-corrected chi connectivity index (χ2v) is 7.56. The number of nitrogens with one attached hydrogen (secondary N) is 3. The Morgan fingerprint density at radius 3 is 2.59 bits per heavy atom. The lowest BCUT2D eigenvalue weighted by Crippen LogP contribution is -2.56. The van der Waals surface area contributed by atoms with Gasteiger partial charge in [0.2, 0.25) is 0 Å². The highest BCUT2D eigenvalue weighted by Gasteiger charge is 2.48. The molecule has 3 N–H and O–H groups in total. The van der Waals surface area contributed by atoms with Gasteiger partial charge in [-0.05, 0) is 32.7 Å². The number of amides is 3. The van der Waals surface area contributed by atoms with Gasteiger partial charge in [-0.2, -0.15) is 0 Å². The van der Waals surface area contributed by atoms with Crippen LogP contribution in [0.4, 0.5) is 4.79 Å². The van der Waals surface area contributed by atoms with Crippen LogP contribution in [0.3, 0.4) is 0 Å². The van der Waals surface area contributed by atoms with E-state index >= 15 is 0 Å². The third-order valence-corrected chi connectivity index (χ3v) is 5.72. The summed E-state index contributed by atoms with van der Waals surface area (Å²) in [6.07, 6.45) is 1.82. The molecule has 0 bridgehead atoms. The molecule has 0 aromatic rings. The summed E-state index contributed by atoms with van der Waals surface area (Å²) in [5.74, 6) is 0.769. The van der Waals surface area contributed by atoms with Crippen molar-refractivity contribution in [3.63, 3.8) is 0 Å². The molecule has 3 aliphatic heterocycles. The number of likely N-dealkylation sites (tertiary alicyclic amines) is 1. The second kappa shape index (κ2) is 9.37. The number of ether oxygens (including phenoxy) is 1. The Bertz CT molecular complexity index is 581. The van der Waals surface area contributed by atoms with Crippen LogP contribution < -0.4 is 16.0 Å². The largest absolute Gasteiger partial charge is 0.374 e. The van der Waals surface area contributed by atoms with Crippen molar-refractivity contribution >= 4 is 41.9 Å². The zero-order valence-electron chi connectivity index (χ0n) is 16.3. The maximum absolute atomic E-state index is 12.1. The van der Waals surface area contributed by atoms with Crippen LogP contribution in [0.15, 0.2) is 4.99 Å². The van der Waals surface area contributed by atoms with Crippen molar-refractivity contribution in [3.05, 3.63) is 0 Å². The van der Waals surface area contributed by atoms with E-state index in [1.807, 2.05) is 6.92 Å². The molecule has 3 heterocycles. The number of imide groups is 1. The molecule has 3 amide bonds. The van der Waals surface area contributed by atoms with Crippen LogP contribution in [-0.2, 0) is 9.53 Å². The number of hydrogen-bond donors (Lipinski definition) is 3. The molecule has 3 rings (SSSR count). The van der Waals surface area contributed by atoms with E-state index in [1.54, 1.807) is 7.05 Å². The number of hydrogen-bond acceptors (Lipinski definition) is 5. The van der Waals surface area contributed by atoms with Gasteiger partial charge < -0.3 is 25.2 Å². The minimum absolute atomic E-state index is 0. The molecular weight excluding hydrogens is 463 g/mol. The summed E-state index contributed by atoms with van der Waals surface area (Å²) < 4.78 is 5.79. The number of piperidine rings is 1. The number of halogens is 1. The Kier molecular flexibility index (Phi) is 7.69. The fraction of sp³-hybridized carbons (Fsp3) is 0.824. The first-order valence-electron chi connectivity index (χ1n) is 9.31. The van der Waals surface area contributed by atoms with Gasteiger partial charge in [0.05, 0.1) is 12.7 Å². The molecule has 10 heteroatoms. The smallest absolute Gasteiger partial charge is 0.322 e. The van der Waals surface area contributed by atoms with Crippen molar-refractivity contribution < 1.29 is 14.3 Å². The van der Waals surface area contributed by atoms with E-state index in [0.29, 0.717) is 0 Å². The normalized spacial score (nSPS) is 30.6. The summed E-state index contributed by atoms with van der Waals surface area (Å²) in [5, 5.41) is 8.56. The molecule has 3 saturated heterocycles. The number of morpholine rings is 1. The van der Waals surface area contributed by atoms with E-state index in [-0.39, 0.29) is 41.9 Å². The maximum Gasteiger partial charge on any atom is 0.322 e. The molecule has 9 nitrogen and oxygen atoms in total. The first-order valence-corrected chi connectivity index (χ1v) is 9.31. The highest BCUT2D eigenvalue weighted by atomic mass is 127. The molecule has 3 fully saturated rings. The van der Waals surface area contributed by atoms with Crippen LogP contribution in [0, 0.1) is 5.92 Å². The molecule has 0 aliphatic carbocycles. The Hall–Kier alpha value is -1.14. The fourth-order valence-corrected chi connectivity index (χ4v) is 4.04. The number of aliphatic imine (C=N–C) groups is 1. The molecule has 154 valence electrons. The van der Waals surface area contributed by atoms with E-state index in [2.05, 4.69) is 37.8 Å². The minimum Gasteiger partial charge on any atom is -0.374 e. The first kappa shape index (κ1) is 22.2. The predicted molar refractivity (Wildman–Crippen MR) is 113 cm³/mol. The highest BCUT2D eigenvalue weighted by molar-refractivity contribution is 14.0. The van der Waals surface area contributed by atoms with Crippen molar-refractivity contribution in [2.75, 3.05) is 53.4 Å². The van der Waals surface area contributed by atoms with Gasteiger partial charge >= 0.3 is 6.03 Å². The summed E-state index contributed by atoms with van der Waals surface area (Å²) in [7, 11) is 3.89. The number of guanidine groups is 1. The van der Waals surface area contributed by atoms with Gasteiger partial charge in [0.25, 0.3) is 5.91 Å². The van der Waals surface area contributed by atoms with Gasteiger partial charge in [-0.15, -0.1) is 24.0 Å². The van der Waals surface area contributed by atoms with E-state index in [4.69, 9.17) is 4.74 Å². The van der Waals surface area contributed by atoms with E-state index in [1.165, 1.54) is 0 Å². The number of carbonyl (C=O) groups is 2. The Labute approximate surface area is 177 Å². The van der Waals surface area contributed by atoms with Crippen molar-refractivity contribution in [2.45, 2.75) is 31.4 Å². The molecule has 0 spiro atoms. The quantitative estimate of drug-likeness (QED) is 0.218. The standard InChI is InChI=1S/C17H30N6O3.HI/c1-17(14(24)20-16(25)21-17)12-4-6-23(7-5-12)15(18-2)19-10-13-11-22(3)8-9-26-13;/h12-13H,4-11H2,1-3H3,(H,18,19)(H2,20,21,24,25);1H. The van der Waals surface area contributed by atoms with Gasteiger partial charge in [0.15, 0.2) is 5.96 Å². The van der Waals surface area contributed by atoms with Crippen LogP contribution in [0.2, 0.25) is 0 Å². The lowest BCUT2D eigenvalue weighted by atomic mass is 9.79. The van der Waals surface area contributed by atoms with Crippen molar-refractivity contribution in [1.82, 2.24) is 25.8 Å². The molecule has 2 atom stereocenters. The number of likely N-dealkylation sites (N-methyl/N-ethyl adjacent to an activating group) is 1. The summed E-state index contributed by atoms with van der Waals surface area (Å²) in [5.41, 5.74) is -0.805. The number of carbonyl (C=O) groups excluding carboxylic acids is 2. The predicted octanol–water partition coefficient (Wildman–Crippen LogP) is -0.179. The molecule has 0 saturated carbocycles. The Morgan fingerprint density at radius 1 is 1.33 bits per heavy atom. The summed E-state index contributed by atoms with van der Waals surface area (Å²) in [6.45, 7) is 6.80. The highest BCUT2D eigenvalue weighted by Crippen LogP contribution is 2.30. The van der Waals surface area contributed by atoms with E-state index in [9.17, 15) is 9.59 Å². The SMILES string of the molecule is CN=C(NCC1CN(C)CCO1)N1CCC(C2(C)NC(=O)NC2=O)CC1.I. The number of rotatable bonds is 3. The van der Waals surface area contributed by atoms with Crippen LogP contribution in [-0.4, -0.2) is 92.8 Å². The van der Waals surface area contributed by atoms with Crippen LogP contribution in [0.1, 0.15) is 19.8 Å². The van der Waals surface area contributed by atoms with Crippen molar-refractivity contribution in [3.8, 4) is 0 Å². The minimum atomic E-state index is -0.805.